The van der Waals surface area contributed by atoms with Crippen LogP contribution in [0.3, 0.4) is 0 Å². The van der Waals surface area contributed by atoms with Gasteiger partial charge in [0.1, 0.15) is 5.60 Å². The van der Waals surface area contributed by atoms with Crippen LogP contribution in [0.1, 0.15) is 55.2 Å². The molecular formula is C22H24F3N3O4. The third-order valence-electron chi connectivity index (χ3n) is 4.94. The number of ether oxygens (including phenoxy) is 1. The first-order valence-electron chi connectivity index (χ1n) is 10.0. The normalized spacial score (nSPS) is 14.9. The fourth-order valence-corrected chi connectivity index (χ4v) is 3.42. The molecule has 1 aromatic carbocycles. The Hall–Kier alpha value is -3.30. The van der Waals surface area contributed by atoms with E-state index in [1.165, 1.54) is 17.2 Å². The second kappa shape index (κ2) is 8.68. The Morgan fingerprint density at radius 3 is 2.38 bits per heavy atom. The molecule has 0 unspecified atom stereocenters. The number of aromatic nitrogens is 2. The SMILES string of the molecule is CC(C)(C)OC(=O)c1n[nH]cc1-c1cc(C(F)(F)F)ccc1C=C1CCN(C(=O)O)CC1. The number of halogens is 3. The van der Waals surface area contributed by atoms with Crippen LogP contribution < -0.4 is 0 Å². The quantitative estimate of drug-likeness (QED) is 0.625. The molecule has 0 aliphatic carbocycles. The number of piperidine rings is 1. The third-order valence-corrected chi connectivity index (χ3v) is 4.94. The number of nitrogens with zero attached hydrogens (tertiary/aromatic N) is 2. The highest BCUT2D eigenvalue weighted by Gasteiger charge is 2.32. The Morgan fingerprint density at radius 2 is 1.81 bits per heavy atom. The van der Waals surface area contributed by atoms with E-state index in [0.29, 0.717) is 31.5 Å². The Bertz CT molecular complexity index is 1040. The van der Waals surface area contributed by atoms with Crippen LogP contribution in [0.4, 0.5) is 18.0 Å². The molecule has 172 valence electrons. The first-order chi connectivity index (χ1) is 14.8. The molecule has 0 bridgehead atoms. The highest BCUT2D eigenvalue weighted by Crippen LogP contribution is 2.36. The van der Waals surface area contributed by atoms with Crippen molar-refractivity contribution in [2.45, 2.75) is 45.4 Å². The van der Waals surface area contributed by atoms with Crippen molar-refractivity contribution in [3.8, 4) is 11.1 Å². The van der Waals surface area contributed by atoms with Crippen LogP contribution in [0.15, 0.2) is 30.0 Å². The molecule has 0 saturated carbocycles. The number of carbonyl (C=O) groups is 2. The maximum absolute atomic E-state index is 13.4. The number of H-pyrrole nitrogens is 1. The van der Waals surface area contributed by atoms with Gasteiger partial charge in [0.15, 0.2) is 5.69 Å². The average molecular weight is 451 g/mol. The lowest BCUT2D eigenvalue weighted by atomic mass is 9.93. The van der Waals surface area contributed by atoms with Crippen molar-refractivity contribution >= 4 is 18.1 Å². The number of aromatic amines is 1. The Balaban J connectivity index is 2.04. The van der Waals surface area contributed by atoms with E-state index < -0.39 is 29.4 Å². The lowest BCUT2D eigenvalue weighted by Gasteiger charge is -2.26. The van der Waals surface area contributed by atoms with E-state index in [9.17, 15) is 22.8 Å². The second-order valence-electron chi connectivity index (χ2n) is 8.52. The minimum Gasteiger partial charge on any atom is -0.465 e. The summed E-state index contributed by atoms with van der Waals surface area (Å²) < 4.78 is 45.6. The Kier molecular flexibility index (Phi) is 6.34. The Morgan fingerprint density at radius 1 is 1.16 bits per heavy atom. The molecule has 0 atom stereocenters. The Labute approximate surface area is 182 Å². The molecule has 2 heterocycles. The van der Waals surface area contributed by atoms with Gasteiger partial charge in [-0.2, -0.15) is 18.3 Å². The van der Waals surface area contributed by atoms with Gasteiger partial charge < -0.3 is 14.7 Å². The zero-order valence-corrected chi connectivity index (χ0v) is 17.9. The molecule has 3 rings (SSSR count). The summed E-state index contributed by atoms with van der Waals surface area (Å²) in [5, 5.41) is 15.6. The zero-order chi connectivity index (χ0) is 23.7. The number of carboxylic acid groups (broad SMARTS) is 1. The highest BCUT2D eigenvalue weighted by atomic mass is 19.4. The van der Waals surface area contributed by atoms with Gasteiger partial charge in [-0.3, -0.25) is 5.10 Å². The van der Waals surface area contributed by atoms with Crippen LogP contribution in [0.5, 0.6) is 0 Å². The number of carbonyl (C=O) groups excluding carboxylic acids is 1. The van der Waals surface area contributed by atoms with Gasteiger partial charge in [0.25, 0.3) is 0 Å². The lowest BCUT2D eigenvalue weighted by molar-refractivity contribution is -0.137. The molecule has 1 saturated heterocycles. The van der Waals surface area contributed by atoms with Gasteiger partial charge >= 0.3 is 18.2 Å². The number of amides is 1. The van der Waals surface area contributed by atoms with Crippen molar-refractivity contribution < 1.29 is 32.6 Å². The molecule has 1 aliphatic rings. The largest absolute Gasteiger partial charge is 0.465 e. The van der Waals surface area contributed by atoms with E-state index in [-0.39, 0.29) is 16.8 Å². The summed E-state index contributed by atoms with van der Waals surface area (Å²) in [4.78, 5) is 25.0. The summed E-state index contributed by atoms with van der Waals surface area (Å²) in [7, 11) is 0. The highest BCUT2D eigenvalue weighted by molar-refractivity contribution is 5.96. The van der Waals surface area contributed by atoms with Crippen LogP contribution in [0.2, 0.25) is 0 Å². The standard InChI is InChI=1S/C22H24F3N3O4/c1-21(2,3)32-19(29)18-17(12-26-27-18)16-11-15(22(23,24)25)5-4-14(16)10-13-6-8-28(9-7-13)20(30)31/h4-5,10-12H,6-9H2,1-3H3,(H,26,27)(H,30,31). The lowest BCUT2D eigenvalue weighted by Crippen LogP contribution is -2.35. The van der Waals surface area contributed by atoms with Gasteiger partial charge in [0.2, 0.25) is 0 Å². The average Bonchev–Trinajstić information content (AvgIpc) is 3.16. The zero-order valence-electron chi connectivity index (χ0n) is 17.9. The van der Waals surface area contributed by atoms with Gasteiger partial charge in [0, 0.05) is 24.8 Å². The second-order valence-corrected chi connectivity index (χ2v) is 8.52. The van der Waals surface area contributed by atoms with Crippen molar-refractivity contribution in [3.63, 3.8) is 0 Å². The monoisotopic (exact) mass is 451 g/mol. The smallest absolute Gasteiger partial charge is 0.416 e. The minimum atomic E-state index is -4.57. The summed E-state index contributed by atoms with van der Waals surface area (Å²) in [6, 6.07) is 3.31. The van der Waals surface area contributed by atoms with Crippen LogP contribution >= 0.6 is 0 Å². The summed E-state index contributed by atoms with van der Waals surface area (Å²) in [5.74, 6) is -0.750. The fourth-order valence-electron chi connectivity index (χ4n) is 3.42. The summed E-state index contributed by atoms with van der Waals surface area (Å²) in [5.41, 5.74) is -0.00724. The van der Waals surface area contributed by atoms with Crippen molar-refractivity contribution in [2.24, 2.45) is 0 Å². The summed E-state index contributed by atoms with van der Waals surface area (Å²) >= 11 is 0. The van der Waals surface area contributed by atoms with Crippen molar-refractivity contribution in [1.29, 1.82) is 0 Å². The number of rotatable bonds is 3. The van der Waals surface area contributed by atoms with Crippen molar-refractivity contribution in [3.05, 3.63) is 46.8 Å². The molecule has 1 aromatic heterocycles. The number of esters is 1. The predicted octanol–water partition coefficient (Wildman–Crippen LogP) is 5.21. The molecule has 1 aliphatic heterocycles. The van der Waals surface area contributed by atoms with E-state index in [1.807, 2.05) is 0 Å². The molecule has 1 fully saturated rings. The van der Waals surface area contributed by atoms with Gasteiger partial charge in [-0.05, 0) is 56.9 Å². The predicted molar refractivity (Wildman–Crippen MR) is 111 cm³/mol. The van der Waals surface area contributed by atoms with E-state index >= 15 is 0 Å². The van der Waals surface area contributed by atoms with E-state index in [2.05, 4.69) is 10.2 Å². The first kappa shape index (κ1) is 23.4. The maximum Gasteiger partial charge on any atom is 0.416 e. The van der Waals surface area contributed by atoms with Gasteiger partial charge in [-0.25, -0.2) is 9.59 Å². The minimum absolute atomic E-state index is 0.111. The van der Waals surface area contributed by atoms with Crippen LogP contribution in [0.25, 0.3) is 17.2 Å². The van der Waals surface area contributed by atoms with E-state index in [0.717, 1.165) is 17.7 Å². The number of alkyl halides is 3. The van der Waals surface area contributed by atoms with Crippen LogP contribution in [0, 0.1) is 0 Å². The number of likely N-dealkylation sites (tertiary alicyclic amines) is 1. The van der Waals surface area contributed by atoms with Gasteiger partial charge in [-0.1, -0.05) is 17.7 Å². The number of benzene rings is 1. The third kappa shape index (κ3) is 5.49. The van der Waals surface area contributed by atoms with Gasteiger partial charge in [-0.15, -0.1) is 0 Å². The number of nitrogens with one attached hydrogen (secondary N) is 1. The molecule has 1 amide bonds. The fraction of sp³-hybridized carbons (Fsp3) is 0.409. The first-order valence-corrected chi connectivity index (χ1v) is 10.0. The molecular weight excluding hydrogens is 427 g/mol. The molecule has 0 spiro atoms. The van der Waals surface area contributed by atoms with Gasteiger partial charge in [0.05, 0.1) is 5.56 Å². The summed E-state index contributed by atoms with van der Waals surface area (Å²) in [6.45, 7) is 5.67. The molecule has 2 aromatic rings. The van der Waals surface area contributed by atoms with E-state index in [4.69, 9.17) is 9.84 Å². The van der Waals surface area contributed by atoms with Crippen LogP contribution in [-0.4, -0.2) is 51.0 Å². The molecule has 0 radical (unpaired) electrons. The molecule has 7 nitrogen and oxygen atoms in total. The van der Waals surface area contributed by atoms with Crippen molar-refractivity contribution in [2.75, 3.05) is 13.1 Å². The number of hydrogen-bond donors (Lipinski definition) is 2. The topological polar surface area (TPSA) is 95.5 Å². The van der Waals surface area contributed by atoms with E-state index in [1.54, 1.807) is 26.8 Å². The molecule has 32 heavy (non-hydrogen) atoms. The molecule has 10 heteroatoms. The molecule has 2 N–H and O–H groups in total. The van der Waals surface area contributed by atoms with Crippen molar-refractivity contribution in [1.82, 2.24) is 15.1 Å². The van der Waals surface area contributed by atoms with Crippen LogP contribution in [-0.2, 0) is 10.9 Å². The maximum atomic E-state index is 13.4. The summed E-state index contributed by atoms with van der Waals surface area (Å²) in [6.07, 6.45) is -1.51. The number of hydrogen-bond acceptors (Lipinski definition) is 4.